The molecular formula is C16H27IN4O. The first kappa shape index (κ1) is 20.7. The summed E-state index contributed by atoms with van der Waals surface area (Å²) in [7, 11) is 3.69. The Bertz CT molecular complexity index is 491. The van der Waals surface area contributed by atoms with E-state index in [2.05, 4.69) is 34.7 Å². The number of hydrogen-bond acceptors (Lipinski definition) is 2. The number of amides is 1. The van der Waals surface area contributed by atoms with Gasteiger partial charge in [0.2, 0.25) is 5.91 Å². The van der Waals surface area contributed by atoms with E-state index in [-0.39, 0.29) is 36.4 Å². The largest absolute Gasteiger partial charge is 0.355 e. The highest BCUT2D eigenvalue weighted by molar-refractivity contribution is 14.0. The van der Waals surface area contributed by atoms with Crippen LogP contribution >= 0.6 is 24.0 Å². The van der Waals surface area contributed by atoms with E-state index in [0.29, 0.717) is 12.5 Å². The maximum absolute atomic E-state index is 11.6. The molecule has 124 valence electrons. The Morgan fingerprint density at radius 2 is 1.95 bits per heavy atom. The zero-order valence-electron chi connectivity index (χ0n) is 13.8. The first-order valence-corrected chi connectivity index (χ1v) is 7.31. The molecule has 1 aromatic carbocycles. The van der Waals surface area contributed by atoms with Crippen LogP contribution in [0, 0.1) is 6.92 Å². The number of halogens is 1. The molecule has 5 nitrogen and oxygen atoms in total. The minimum atomic E-state index is -0.0118. The summed E-state index contributed by atoms with van der Waals surface area (Å²) in [6.45, 7) is 5.83. The molecule has 0 heterocycles. The van der Waals surface area contributed by atoms with Crippen molar-refractivity contribution in [1.29, 1.82) is 0 Å². The number of carbonyl (C=O) groups excluding carboxylic acids is 1. The summed E-state index contributed by atoms with van der Waals surface area (Å²) in [4.78, 5) is 17.8. The summed E-state index contributed by atoms with van der Waals surface area (Å²) in [5, 5.41) is 5.92. The van der Waals surface area contributed by atoms with Crippen molar-refractivity contribution in [2.45, 2.75) is 26.8 Å². The molecule has 0 radical (unpaired) electrons. The standard InChI is InChI=1S/C16H26N4O.HI/c1-5-10-18-15(21)11-19-16(17-3)20(4)12-14-9-7-6-8-13(14)2;/h6-9H,5,10-12H2,1-4H3,(H,17,19)(H,18,21);1H. The fraction of sp³-hybridized carbons (Fsp3) is 0.500. The van der Waals surface area contributed by atoms with Gasteiger partial charge < -0.3 is 15.5 Å². The number of nitrogens with zero attached hydrogens (tertiary/aromatic N) is 2. The minimum absolute atomic E-state index is 0. The Labute approximate surface area is 150 Å². The van der Waals surface area contributed by atoms with Crippen molar-refractivity contribution < 1.29 is 4.79 Å². The predicted molar refractivity (Wildman–Crippen MR) is 103 cm³/mol. The quantitative estimate of drug-likeness (QED) is 0.423. The number of rotatable bonds is 6. The number of guanidine groups is 1. The topological polar surface area (TPSA) is 56.7 Å². The summed E-state index contributed by atoms with van der Waals surface area (Å²) in [5.74, 6) is 0.701. The van der Waals surface area contributed by atoms with Crippen LogP contribution in [0.5, 0.6) is 0 Å². The second-order valence-corrected chi connectivity index (χ2v) is 5.03. The first-order valence-electron chi connectivity index (χ1n) is 7.31. The lowest BCUT2D eigenvalue weighted by molar-refractivity contribution is -0.120. The summed E-state index contributed by atoms with van der Waals surface area (Å²) in [6.07, 6.45) is 0.938. The van der Waals surface area contributed by atoms with E-state index in [4.69, 9.17) is 0 Å². The molecule has 0 fully saturated rings. The van der Waals surface area contributed by atoms with E-state index < -0.39 is 0 Å². The SMILES string of the molecule is CCCNC(=O)CNC(=NC)N(C)Cc1ccccc1C.I. The van der Waals surface area contributed by atoms with E-state index in [9.17, 15) is 4.79 Å². The van der Waals surface area contributed by atoms with Crippen LogP contribution in [0.2, 0.25) is 0 Å². The normalized spacial score (nSPS) is 10.6. The lowest BCUT2D eigenvalue weighted by atomic mass is 10.1. The molecule has 0 atom stereocenters. The van der Waals surface area contributed by atoms with Crippen LogP contribution in [0.4, 0.5) is 0 Å². The monoisotopic (exact) mass is 418 g/mol. The third-order valence-corrected chi connectivity index (χ3v) is 3.22. The lowest BCUT2D eigenvalue weighted by Crippen LogP contribution is -2.43. The number of benzene rings is 1. The third kappa shape index (κ3) is 7.11. The molecule has 0 aliphatic carbocycles. The van der Waals surface area contributed by atoms with Gasteiger partial charge in [0.15, 0.2) is 5.96 Å². The van der Waals surface area contributed by atoms with Crippen LogP contribution in [0.25, 0.3) is 0 Å². The molecule has 6 heteroatoms. The summed E-state index contributed by atoms with van der Waals surface area (Å²) in [6, 6.07) is 8.26. The molecule has 2 N–H and O–H groups in total. The van der Waals surface area contributed by atoms with Gasteiger partial charge in [-0.3, -0.25) is 9.79 Å². The highest BCUT2D eigenvalue weighted by atomic mass is 127. The van der Waals surface area contributed by atoms with Crippen molar-refractivity contribution in [3.05, 3.63) is 35.4 Å². The Kier molecular flexibility index (Phi) is 10.6. The molecule has 22 heavy (non-hydrogen) atoms. The highest BCUT2D eigenvalue weighted by Crippen LogP contribution is 2.09. The molecule has 0 unspecified atom stereocenters. The predicted octanol–water partition coefficient (Wildman–Crippen LogP) is 2.15. The van der Waals surface area contributed by atoms with Gasteiger partial charge in [-0.1, -0.05) is 31.2 Å². The van der Waals surface area contributed by atoms with Crippen molar-refractivity contribution in [3.8, 4) is 0 Å². The molecule has 0 aliphatic heterocycles. The van der Waals surface area contributed by atoms with Crippen LogP contribution in [0.1, 0.15) is 24.5 Å². The second kappa shape index (κ2) is 11.3. The van der Waals surface area contributed by atoms with Crippen molar-refractivity contribution in [2.24, 2.45) is 4.99 Å². The number of aryl methyl sites for hydroxylation is 1. The second-order valence-electron chi connectivity index (χ2n) is 5.03. The molecule has 0 saturated carbocycles. The Morgan fingerprint density at radius 3 is 2.55 bits per heavy atom. The van der Waals surface area contributed by atoms with Gasteiger partial charge in [-0.2, -0.15) is 0 Å². The van der Waals surface area contributed by atoms with Gasteiger partial charge in [-0.25, -0.2) is 0 Å². The molecule has 1 aromatic rings. The molecule has 1 amide bonds. The number of hydrogen-bond donors (Lipinski definition) is 2. The summed E-state index contributed by atoms with van der Waals surface area (Å²) < 4.78 is 0. The van der Waals surface area contributed by atoms with Crippen LogP contribution in [0.3, 0.4) is 0 Å². The Hall–Kier alpha value is -1.31. The molecule has 1 rings (SSSR count). The fourth-order valence-electron chi connectivity index (χ4n) is 1.99. The maximum atomic E-state index is 11.6. The highest BCUT2D eigenvalue weighted by Gasteiger charge is 2.09. The average molecular weight is 418 g/mol. The van der Waals surface area contributed by atoms with Crippen molar-refractivity contribution in [2.75, 3.05) is 27.2 Å². The van der Waals surface area contributed by atoms with E-state index in [1.807, 2.05) is 31.0 Å². The van der Waals surface area contributed by atoms with E-state index in [1.54, 1.807) is 7.05 Å². The summed E-state index contributed by atoms with van der Waals surface area (Å²) >= 11 is 0. The van der Waals surface area contributed by atoms with Gasteiger partial charge in [-0.05, 0) is 24.5 Å². The zero-order chi connectivity index (χ0) is 15.7. The fourth-order valence-corrected chi connectivity index (χ4v) is 1.99. The molecule has 0 saturated heterocycles. The van der Waals surface area contributed by atoms with Gasteiger partial charge in [0.05, 0.1) is 6.54 Å². The number of carbonyl (C=O) groups is 1. The molecule has 0 aliphatic rings. The van der Waals surface area contributed by atoms with Gasteiger partial charge in [0.1, 0.15) is 0 Å². The van der Waals surface area contributed by atoms with Crippen LogP contribution in [-0.2, 0) is 11.3 Å². The van der Waals surface area contributed by atoms with E-state index in [0.717, 1.165) is 13.0 Å². The third-order valence-electron chi connectivity index (χ3n) is 3.22. The van der Waals surface area contributed by atoms with Crippen LogP contribution in [-0.4, -0.2) is 44.0 Å². The smallest absolute Gasteiger partial charge is 0.239 e. The lowest BCUT2D eigenvalue weighted by Gasteiger charge is -2.22. The molecule has 0 spiro atoms. The van der Waals surface area contributed by atoms with Gasteiger partial charge in [0.25, 0.3) is 0 Å². The average Bonchev–Trinajstić information content (AvgIpc) is 2.48. The number of aliphatic imine (C=N–C) groups is 1. The summed E-state index contributed by atoms with van der Waals surface area (Å²) in [5.41, 5.74) is 2.50. The molecular weight excluding hydrogens is 391 g/mol. The van der Waals surface area contributed by atoms with Crippen LogP contribution < -0.4 is 10.6 Å². The van der Waals surface area contributed by atoms with E-state index in [1.165, 1.54) is 11.1 Å². The first-order chi connectivity index (χ1) is 10.1. The van der Waals surface area contributed by atoms with Gasteiger partial charge in [0, 0.05) is 27.2 Å². The Balaban J connectivity index is 0.00000441. The molecule has 0 aromatic heterocycles. The molecule has 0 bridgehead atoms. The Morgan fingerprint density at radius 1 is 1.27 bits per heavy atom. The van der Waals surface area contributed by atoms with Gasteiger partial charge >= 0.3 is 0 Å². The van der Waals surface area contributed by atoms with Crippen molar-refractivity contribution in [3.63, 3.8) is 0 Å². The van der Waals surface area contributed by atoms with Crippen molar-refractivity contribution in [1.82, 2.24) is 15.5 Å². The van der Waals surface area contributed by atoms with Crippen LogP contribution in [0.15, 0.2) is 29.3 Å². The zero-order valence-corrected chi connectivity index (χ0v) is 16.2. The maximum Gasteiger partial charge on any atom is 0.239 e. The van der Waals surface area contributed by atoms with Crippen molar-refractivity contribution >= 4 is 35.8 Å². The van der Waals surface area contributed by atoms with E-state index >= 15 is 0 Å². The number of nitrogens with one attached hydrogen (secondary N) is 2. The van der Waals surface area contributed by atoms with Gasteiger partial charge in [-0.15, -0.1) is 24.0 Å². The minimum Gasteiger partial charge on any atom is -0.355 e.